The Kier molecular flexibility index (Phi) is 25.1. The average molecular weight is 1030 g/mol. The number of hydrogen-bond donors (Lipinski definition) is 2. The number of hydrogen-bond acceptors (Lipinski definition) is 16. The third kappa shape index (κ3) is 17.5. The van der Waals surface area contributed by atoms with Gasteiger partial charge in [-0.2, -0.15) is 0 Å². The molecule has 1 unspecified atom stereocenters. The highest BCUT2D eigenvalue weighted by atomic mass is 16.7. The highest BCUT2D eigenvalue weighted by molar-refractivity contribution is 6.39. The molecule has 0 aromatic heterocycles. The number of ketones is 3. The van der Waals surface area contributed by atoms with Crippen molar-refractivity contribution >= 4 is 35.4 Å². The summed E-state index contributed by atoms with van der Waals surface area (Å²) >= 11 is 0. The molecular weight excluding hydrogens is 943 g/mol. The van der Waals surface area contributed by atoms with Crippen LogP contribution in [0.1, 0.15) is 132 Å². The largest absolute Gasteiger partial charge is 0.508 e. The normalized spacial score (nSPS) is 35.5. The number of amides is 1. The van der Waals surface area contributed by atoms with Gasteiger partial charge in [-0.05, 0) is 114 Å². The topological polar surface area (TPSA) is 220 Å². The lowest BCUT2D eigenvalue weighted by atomic mass is 9.78. The maximum absolute atomic E-state index is 14.5. The van der Waals surface area contributed by atoms with Crippen molar-refractivity contribution in [1.29, 1.82) is 0 Å². The van der Waals surface area contributed by atoms with Gasteiger partial charge in [0, 0.05) is 58.5 Å². The van der Waals surface area contributed by atoms with E-state index < -0.39 is 83.9 Å². The fourth-order valence-corrected chi connectivity index (χ4v) is 10.8. The molecule has 15 atom stereocenters. The van der Waals surface area contributed by atoms with Crippen LogP contribution in [0.15, 0.2) is 47.6 Å². The Labute approximate surface area is 433 Å². The van der Waals surface area contributed by atoms with Gasteiger partial charge in [-0.3, -0.25) is 19.2 Å². The fraction of sp³-hybridized carbons (Fsp3) is 0.750. The van der Waals surface area contributed by atoms with Gasteiger partial charge in [-0.25, -0.2) is 9.59 Å². The Bertz CT molecular complexity index is 1960. The summed E-state index contributed by atoms with van der Waals surface area (Å²) in [6, 6.07) is -1.17. The molecule has 4 rings (SSSR count). The minimum Gasteiger partial charge on any atom is -0.460 e. The Morgan fingerprint density at radius 3 is 2.29 bits per heavy atom. The van der Waals surface area contributed by atoms with E-state index in [9.17, 15) is 39.0 Å². The lowest BCUT2D eigenvalue weighted by Crippen LogP contribution is -2.61. The average Bonchev–Trinajstić information content (AvgIpc) is 3.36. The molecule has 0 spiro atoms. The van der Waals surface area contributed by atoms with Crippen molar-refractivity contribution in [3.8, 4) is 0 Å². The van der Waals surface area contributed by atoms with Crippen molar-refractivity contribution < 1.29 is 76.9 Å². The fourth-order valence-electron chi connectivity index (χ4n) is 10.8. The molecule has 4 aliphatic rings. The Balaban J connectivity index is 1.66. The summed E-state index contributed by atoms with van der Waals surface area (Å²) < 4.78 is 45.7. The minimum atomic E-state index is -2.45. The van der Waals surface area contributed by atoms with Crippen LogP contribution in [0.4, 0.5) is 4.79 Å². The van der Waals surface area contributed by atoms with Crippen LogP contribution >= 0.6 is 0 Å². The summed E-state index contributed by atoms with van der Waals surface area (Å²) in [5.41, 5.74) is 1.17. The van der Waals surface area contributed by atoms with Gasteiger partial charge < -0.3 is 53.0 Å². The maximum Gasteiger partial charge on any atom is 0.508 e. The monoisotopic (exact) mass is 1030 g/mol. The van der Waals surface area contributed by atoms with Gasteiger partial charge in [0.15, 0.2) is 11.6 Å². The summed E-state index contributed by atoms with van der Waals surface area (Å²) in [6.07, 6.45) is 10.7. The van der Waals surface area contributed by atoms with E-state index in [0.29, 0.717) is 63.4 Å². The zero-order valence-electron chi connectivity index (χ0n) is 45.4. The van der Waals surface area contributed by atoms with Crippen LogP contribution in [0, 0.1) is 35.5 Å². The van der Waals surface area contributed by atoms with Gasteiger partial charge in [-0.15, -0.1) is 0 Å². The number of aliphatic hydroxyl groups excluding tert-OH is 1. The molecule has 0 aromatic rings. The van der Waals surface area contributed by atoms with Crippen LogP contribution < -0.4 is 0 Å². The van der Waals surface area contributed by atoms with Crippen LogP contribution in [0.3, 0.4) is 0 Å². The second kappa shape index (κ2) is 29.8. The summed E-state index contributed by atoms with van der Waals surface area (Å²) in [7, 11) is 4.56. The number of nitrogens with zero attached hydrogens (tertiary/aromatic N) is 1. The molecule has 2 bridgehead atoms. The Morgan fingerprint density at radius 1 is 0.863 bits per heavy atom. The van der Waals surface area contributed by atoms with Crippen LogP contribution in [-0.4, -0.2) is 153 Å². The standard InChI is InChI=1S/C56H87NO16/c1-12-69-55(64)71-27-26-70-45-24-22-41(31-48(45)67-10)30-37(5)47-33-44(58)36(4)29-39(7)50(60)51(68-11)49(59)38(6)28-34(2)18-14-13-15-19-35(3)46(66-9)32-42-23-21-40(8)56(65,73-42)52(61)53(62)57-25-17-16-20-43(57)54(63)72-47/h13-15,18-19,29,34,37-43,45-48,50-51,60,65H,12,16-17,20-28,30-33H2,1-11H3/b15-13?,18-14?,35-19?,36-29+/t34-,37-,38-,39?,40-,41+,42+,43+,45-,46+,47+,48-,50-,51+,56-/m1/s1. The van der Waals surface area contributed by atoms with Crippen molar-refractivity contribution in [2.45, 2.75) is 187 Å². The molecule has 0 aromatic carbocycles. The number of aliphatic hydroxyl groups is 2. The highest BCUT2D eigenvalue weighted by Gasteiger charge is 2.53. The summed E-state index contributed by atoms with van der Waals surface area (Å²) in [6.45, 7) is 14.8. The number of allylic oxidation sites excluding steroid dienone is 6. The zero-order chi connectivity index (χ0) is 54.0. The van der Waals surface area contributed by atoms with Gasteiger partial charge in [0.2, 0.25) is 5.79 Å². The van der Waals surface area contributed by atoms with Crippen molar-refractivity contribution in [3.63, 3.8) is 0 Å². The maximum atomic E-state index is 14.5. The van der Waals surface area contributed by atoms with E-state index >= 15 is 0 Å². The molecule has 412 valence electrons. The first-order chi connectivity index (χ1) is 34.7. The molecule has 3 fully saturated rings. The Hall–Kier alpha value is -4.10. The lowest BCUT2D eigenvalue weighted by molar-refractivity contribution is -0.265. The van der Waals surface area contributed by atoms with E-state index in [2.05, 4.69) is 0 Å². The van der Waals surface area contributed by atoms with Crippen LogP contribution in [0.2, 0.25) is 0 Å². The second-order valence-corrected chi connectivity index (χ2v) is 21.0. The lowest BCUT2D eigenvalue weighted by Gasteiger charge is -2.42. The number of piperidine rings is 1. The van der Waals surface area contributed by atoms with E-state index in [4.69, 9.17) is 37.9 Å². The quantitative estimate of drug-likeness (QED) is 0.117. The number of methoxy groups -OCH3 is 3. The molecule has 1 amide bonds. The molecule has 1 saturated carbocycles. The van der Waals surface area contributed by atoms with Crippen molar-refractivity contribution in [2.75, 3.05) is 47.7 Å². The van der Waals surface area contributed by atoms with Crippen molar-refractivity contribution in [2.24, 2.45) is 35.5 Å². The number of Topliss-reactive ketones (excluding diaryl/α,β-unsaturated/α-hetero) is 3. The van der Waals surface area contributed by atoms with Gasteiger partial charge in [0.25, 0.3) is 11.7 Å². The highest BCUT2D eigenvalue weighted by Crippen LogP contribution is 2.38. The van der Waals surface area contributed by atoms with Gasteiger partial charge >= 0.3 is 12.1 Å². The van der Waals surface area contributed by atoms with E-state index in [1.807, 2.05) is 58.1 Å². The summed E-state index contributed by atoms with van der Waals surface area (Å²) in [5.74, 6) is -8.16. The van der Waals surface area contributed by atoms with E-state index in [-0.39, 0.29) is 80.7 Å². The van der Waals surface area contributed by atoms with Gasteiger partial charge in [0.05, 0.1) is 43.7 Å². The number of carbonyl (C=O) groups is 6. The first kappa shape index (κ1) is 61.4. The van der Waals surface area contributed by atoms with Gasteiger partial charge in [0.1, 0.15) is 24.9 Å². The number of fused-ring (bicyclic) bond motifs is 3. The number of rotatable bonds is 11. The SMILES string of the molecule is CCOC(=O)OCCO[C@@H]1CC[C@@H](C[C@@H](C)[C@@H]2CC(=O)/C(C)=C/C(C)[C@@H](O)[C@@H](OC)C(=O)[C@H](C)C[C@H](C)C=CC=CC=C(C)[C@@H](OC)C[C@@H]3CC[C@@H](C)[C@@](O)(O3)C(=O)C(=O)N3CCCC[C@H]3C(=O)O2)C[C@H]1OC. The number of ether oxygens (including phenoxy) is 8. The van der Waals surface area contributed by atoms with Crippen molar-refractivity contribution in [3.05, 3.63) is 47.6 Å². The molecule has 2 saturated heterocycles. The molecule has 0 radical (unpaired) electrons. The van der Waals surface area contributed by atoms with E-state index in [0.717, 1.165) is 12.0 Å². The first-order valence-electron chi connectivity index (χ1n) is 26.6. The molecule has 2 N–H and O–H groups in total. The Morgan fingerprint density at radius 2 is 1.60 bits per heavy atom. The minimum absolute atomic E-state index is 0.00817. The van der Waals surface area contributed by atoms with Crippen LogP contribution in [0.25, 0.3) is 0 Å². The van der Waals surface area contributed by atoms with Crippen LogP contribution in [0.5, 0.6) is 0 Å². The van der Waals surface area contributed by atoms with Crippen LogP contribution in [-0.2, 0) is 61.9 Å². The third-order valence-electron chi connectivity index (χ3n) is 15.4. The van der Waals surface area contributed by atoms with Gasteiger partial charge in [-0.1, -0.05) is 71.1 Å². The molecule has 3 aliphatic heterocycles. The summed E-state index contributed by atoms with van der Waals surface area (Å²) in [4.78, 5) is 84.1. The van der Waals surface area contributed by atoms with E-state index in [1.165, 1.54) is 12.0 Å². The zero-order valence-corrected chi connectivity index (χ0v) is 45.4. The second-order valence-electron chi connectivity index (χ2n) is 21.0. The molecular formula is C56H87NO16. The predicted octanol–water partition coefficient (Wildman–Crippen LogP) is 7.38. The molecule has 1 aliphatic carbocycles. The first-order valence-corrected chi connectivity index (χ1v) is 26.6. The smallest absolute Gasteiger partial charge is 0.460 e. The number of carbonyl (C=O) groups excluding carboxylic acids is 6. The summed E-state index contributed by atoms with van der Waals surface area (Å²) in [5, 5.41) is 23.5. The van der Waals surface area contributed by atoms with Crippen molar-refractivity contribution in [1.82, 2.24) is 4.90 Å². The predicted molar refractivity (Wildman–Crippen MR) is 272 cm³/mol. The molecule has 17 heteroatoms. The molecule has 73 heavy (non-hydrogen) atoms. The third-order valence-corrected chi connectivity index (χ3v) is 15.4. The van der Waals surface area contributed by atoms with E-state index in [1.54, 1.807) is 48.0 Å². The number of esters is 1. The molecule has 3 heterocycles. The number of cyclic esters (lactones) is 1. The molecule has 17 nitrogen and oxygen atoms in total.